The number of aromatic nitrogens is 4. The number of nitrogens with zero attached hydrogens (tertiary/aromatic N) is 5. The molecule has 0 fully saturated rings. The molecular formula is C46H31BN5OPt+. The number of rotatable bonds is 6. The number of fused-ring (bicyclic) bond motifs is 3. The minimum Gasteiger partial charge on any atom is -0.507 e. The molecule has 2 aromatic heterocycles. The summed E-state index contributed by atoms with van der Waals surface area (Å²) in [5, 5.41) is 11.3. The largest absolute Gasteiger partial charge is 2.00 e. The molecule has 8 heteroatoms. The van der Waals surface area contributed by atoms with Crippen molar-refractivity contribution in [1.82, 2.24) is 14.1 Å². The zero-order chi connectivity index (χ0) is 35.3. The van der Waals surface area contributed by atoms with Crippen LogP contribution in [0.3, 0.4) is 0 Å². The average Bonchev–Trinajstić information content (AvgIpc) is 3.81. The first-order chi connectivity index (χ1) is 26.2. The van der Waals surface area contributed by atoms with E-state index in [2.05, 4.69) is 152 Å². The second-order valence-electron chi connectivity index (χ2n) is 13.1. The van der Waals surface area contributed by atoms with Crippen LogP contribution >= 0.6 is 0 Å². The second-order valence-corrected chi connectivity index (χ2v) is 13.1. The molecule has 54 heavy (non-hydrogen) atoms. The molecule has 0 bridgehead atoms. The monoisotopic (exact) mass is 875 g/mol. The van der Waals surface area contributed by atoms with Gasteiger partial charge >= 0.3 is 21.1 Å². The Balaban J connectivity index is 0.00000384. The first-order valence-electron chi connectivity index (χ1n) is 17.7. The molecule has 7 aromatic carbocycles. The van der Waals surface area contributed by atoms with Crippen molar-refractivity contribution in [2.24, 2.45) is 0 Å². The summed E-state index contributed by atoms with van der Waals surface area (Å²) in [7, 11) is 0. The number of anilines is 3. The van der Waals surface area contributed by atoms with Gasteiger partial charge in [0, 0.05) is 17.0 Å². The standard InChI is InChI=1S/C46H31BN5O.Pt/c53-43-30-15-10-25-38(43)45-48-46-44(52(45)35-21-8-3-9-22-35)47(33-17-4-1-5-18-33)39-26-11-12-27-40(39)51(46)37-24-16-23-36(31-37)50-32-49(34-19-6-2-7-20-34)41-28-13-14-29-42(41)50;/h1-30,53H;/q-1;+2. The van der Waals surface area contributed by atoms with Gasteiger partial charge < -0.3 is 19.1 Å². The zero-order valence-corrected chi connectivity index (χ0v) is 31.2. The minimum atomic E-state index is -0.152. The van der Waals surface area contributed by atoms with E-state index in [0.717, 1.165) is 61.8 Å². The van der Waals surface area contributed by atoms with Crippen LogP contribution in [0.15, 0.2) is 182 Å². The van der Waals surface area contributed by atoms with Crippen LogP contribution < -0.4 is 26.0 Å². The van der Waals surface area contributed by atoms with E-state index in [4.69, 9.17) is 4.98 Å². The van der Waals surface area contributed by atoms with Crippen LogP contribution in [0.1, 0.15) is 0 Å². The number of imidazole rings is 2. The van der Waals surface area contributed by atoms with E-state index in [1.165, 1.54) is 0 Å². The van der Waals surface area contributed by atoms with E-state index < -0.39 is 0 Å². The number of phenols is 1. The van der Waals surface area contributed by atoms with Gasteiger partial charge in [-0.1, -0.05) is 132 Å². The van der Waals surface area contributed by atoms with Crippen molar-refractivity contribution in [3.8, 4) is 34.2 Å². The number of para-hydroxylation sites is 6. The summed E-state index contributed by atoms with van der Waals surface area (Å²) in [6.07, 6.45) is 3.62. The quantitative estimate of drug-likeness (QED) is 0.108. The molecule has 1 aliphatic rings. The smallest absolute Gasteiger partial charge is 0.507 e. The number of hydrogen-bond acceptors (Lipinski definition) is 3. The number of phenolic OH excluding ortho intramolecular Hbond substituents is 1. The fourth-order valence-corrected chi connectivity index (χ4v) is 7.66. The Kier molecular flexibility index (Phi) is 8.57. The molecule has 0 atom stereocenters. The maximum atomic E-state index is 11.3. The molecule has 0 spiro atoms. The van der Waals surface area contributed by atoms with Crippen molar-refractivity contribution >= 4 is 51.5 Å². The van der Waals surface area contributed by atoms with E-state index in [9.17, 15) is 5.11 Å². The van der Waals surface area contributed by atoms with Gasteiger partial charge in [-0.15, -0.1) is 6.07 Å². The van der Waals surface area contributed by atoms with E-state index in [0.29, 0.717) is 11.4 Å². The molecule has 0 saturated heterocycles. The molecule has 0 saturated carbocycles. The molecule has 1 N–H and O–H groups in total. The van der Waals surface area contributed by atoms with Crippen molar-refractivity contribution in [2.75, 3.05) is 4.90 Å². The van der Waals surface area contributed by atoms with Crippen molar-refractivity contribution in [1.29, 1.82) is 0 Å². The Bertz CT molecular complexity index is 2770. The predicted octanol–water partition coefficient (Wildman–Crippen LogP) is 7.36. The first kappa shape index (κ1) is 33.4. The topological polar surface area (TPSA) is 50.1 Å². The van der Waals surface area contributed by atoms with Crippen LogP contribution in [0.4, 0.5) is 17.2 Å². The molecular weight excluding hydrogens is 844 g/mol. The summed E-state index contributed by atoms with van der Waals surface area (Å²) in [5.74, 6) is 1.60. The maximum absolute atomic E-state index is 11.3. The van der Waals surface area contributed by atoms with E-state index >= 15 is 0 Å². The van der Waals surface area contributed by atoms with Gasteiger partial charge in [0.2, 0.25) is 0 Å². The molecule has 3 heterocycles. The molecule has 0 unspecified atom stereocenters. The van der Waals surface area contributed by atoms with Crippen LogP contribution in [0.5, 0.6) is 5.75 Å². The van der Waals surface area contributed by atoms with Crippen LogP contribution in [-0.2, 0) is 21.1 Å². The van der Waals surface area contributed by atoms with Crippen molar-refractivity contribution in [3.63, 3.8) is 0 Å². The SMILES string of the molecule is Oc1ccccc1-c1nc2c(n1-c1ccccc1)B(c1ccccc1)c1ccccc1N2c1[c-]c(-n2[c-][n+](-c3ccccc3)c3ccccc32)ccc1.[Pt+2]. The van der Waals surface area contributed by atoms with E-state index in [-0.39, 0.29) is 33.5 Å². The molecule has 0 radical (unpaired) electrons. The Labute approximate surface area is 328 Å². The third-order valence-electron chi connectivity index (χ3n) is 9.98. The zero-order valence-electron chi connectivity index (χ0n) is 28.9. The maximum Gasteiger partial charge on any atom is 2.00 e. The Morgan fingerprint density at radius 2 is 1.26 bits per heavy atom. The van der Waals surface area contributed by atoms with Crippen LogP contribution in [0, 0.1) is 12.4 Å². The molecule has 1 aliphatic heterocycles. The molecule has 6 nitrogen and oxygen atoms in total. The molecule has 0 amide bonds. The van der Waals surface area contributed by atoms with Gasteiger partial charge in [0.25, 0.3) is 13.0 Å². The molecule has 9 aromatic rings. The Hall–Kier alpha value is -6.43. The van der Waals surface area contributed by atoms with Crippen LogP contribution in [0.2, 0.25) is 0 Å². The molecule has 0 aliphatic carbocycles. The van der Waals surface area contributed by atoms with Gasteiger partial charge in [-0.2, -0.15) is 18.2 Å². The third kappa shape index (κ3) is 5.48. The Morgan fingerprint density at radius 3 is 2.06 bits per heavy atom. The predicted molar refractivity (Wildman–Crippen MR) is 212 cm³/mol. The summed E-state index contributed by atoms with van der Waals surface area (Å²) < 4.78 is 6.38. The van der Waals surface area contributed by atoms with Crippen molar-refractivity contribution in [2.45, 2.75) is 0 Å². The summed E-state index contributed by atoms with van der Waals surface area (Å²) in [5.41, 5.74) is 10.7. The normalized spacial score (nSPS) is 11.9. The fourth-order valence-electron chi connectivity index (χ4n) is 7.66. The number of hydrogen-bond donors (Lipinski definition) is 1. The molecule has 258 valence electrons. The number of aromatic hydroxyl groups is 1. The summed E-state index contributed by atoms with van der Waals surface area (Å²) >= 11 is 0. The second kappa shape index (κ2) is 13.8. The van der Waals surface area contributed by atoms with Gasteiger partial charge in [-0.05, 0) is 53.6 Å². The minimum absolute atomic E-state index is 0. The van der Waals surface area contributed by atoms with Crippen LogP contribution in [0.25, 0.3) is 39.5 Å². The van der Waals surface area contributed by atoms with Crippen LogP contribution in [-0.4, -0.2) is 25.9 Å². The van der Waals surface area contributed by atoms with E-state index in [1.54, 1.807) is 6.07 Å². The third-order valence-corrected chi connectivity index (χ3v) is 9.98. The van der Waals surface area contributed by atoms with Crippen molar-refractivity contribution in [3.05, 3.63) is 194 Å². The average molecular weight is 876 g/mol. The van der Waals surface area contributed by atoms with E-state index in [1.807, 2.05) is 54.6 Å². The van der Waals surface area contributed by atoms with Gasteiger partial charge in [-0.25, -0.2) is 4.98 Å². The fraction of sp³-hybridized carbons (Fsp3) is 0. The van der Waals surface area contributed by atoms with Gasteiger partial charge in [0.05, 0.1) is 22.3 Å². The van der Waals surface area contributed by atoms with Gasteiger partial charge in [0.15, 0.2) is 0 Å². The summed E-state index contributed by atoms with van der Waals surface area (Å²) in [6, 6.07) is 65.6. The summed E-state index contributed by atoms with van der Waals surface area (Å²) in [4.78, 5) is 7.69. The van der Waals surface area contributed by atoms with Gasteiger partial charge in [0.1, 0.15) is 17.4 Å². The van der Waals surface area contributed by atoms with Gasteiger partial charge in [-0.3, -0.25) is 4.57 Å². The number of benzene rings is 7. The summed E-state index contributed by atoms with van der Waals surface area (Å²) in [6.45, 7) is -0.152. The molecule has 10 rings (SSSR count). The van der Waals surface area contributed by atoms with Crippen molar-refractivity contribution < 1.29 is 30.7 Å². The Morgan fingerprint density at radius 1 is 0.611 bits per heavy atom. The first-order valence-corrected chi connectivity index (χ1v) is 17.7.